The number of thioether (sulfide) groups is 1. The Morgan fingerprint density at radius 3 is 2.75 bits per heavy atom. The molecule has 0 bridgehead atoms. The summed E-state index contributed by atoms with van der Waals surface area (Å²) in [5, 5.41) is 4.20. The molecule has 0 atom stereocenters. The summed E-state index contributed by atoms with van der Waals surface area (Å²) in [6.45, 7) is 0. The second-order valence-electron chi connectivity index (χ2n) is 7.37. The number of benzene rings is 2. The van der Waals surface area contributed by atoms with Crippen molar-refractivity contribution >= 4 is 56.5 Å². The van der Waals surface area contributed by atoms with Crippen LogP contribution in [-0.2, 0) is 17.6 Å². The number of rotatable bonds is 5. The van der Waals surface area contributed by atoms with Gasteiger partial charge >= 0.3 is 0 Å². The Hall–Kier alpha value is -2.68. The van der Waals surface area contributed by atoms with Crippen molar-refractivity contribution in [3.05, 3.63) is 80.2 Å². The molecule has 2 heterocycles. The first-order valence-corrected chi connectivity index (χ1v) is 12.2. The molecule has 0 saturated heterocycles. The summed E-state index contributed by atoms with van der Waals surface area (Å²) in [7, 11) is 0. The van der Waals surface area contributed by atoms with E-state index >= 15 is 0 Å². The van der Waals surface area contributed by atoms with Crippen LogP contribution in [0.15, 0.2) is 58.5 Å². The van der Waals surface area contributed by atoms with Gasteiger partial charge in [-0.15, -0.1) is 11.3 Å². The average molecular weight is 486 g/mol. The molecule has 9 heteroatoms. The first kappa shape index (κ1) is 21.2. The zero-order chi connectivity index (χ0) is 22.2. The van der Waals surface area contributed by atoms with E-state index in [9.17, 15) is 14.0 Å². The van der Waals surface area contributed by atoms with E-state index in [2.05, 4.69) is 5.32 Å². The van der Waals surface area contributed by atoms with Crippen molar-refractivity contribution in [2.45, 2.75) is 24.4 Å². The molecule has 0 spiro atoms. The number of amides is 1. The van der Waals surface area contributed by atoms with Crippen molar-refractivity contribution < 1.29 is 9.18 Å². The lowest BCUT2D eigenvalue weighted by atomic mass is 10.2. The van der Waals surface area contributed by atoms with Gasteiger partial charge in [0.25, 0.3) is 5.56 Å². The number of aromatic nitrogens is 2. The standard InChI is InChI=1S/C23H17ClFN3O2S2/c24-13-8-10-14(11-9-13)28-22(30)20-15-4-3-7-18(15)32-21(20)27-23(28)31-12-19(29)26-17-6-2-1-5-16(17)25/h1-2,5-6,8-11H,3-4,7,12H2,(H,26,29). The van der Waals surface area contributed by atoms with E-state index in [4.69, 9.17) is 16.6 Å². The number of thiophene rings is 1. The summed E-state index contributed by atoms with van der Waals surface area (Å²) in [4.78, 5) is 32.7. The Labute approximate surface area is 196 Å². The minimum Gasteiger partial charge on any atom is -0.323 e. The molecule has 32 heavy (non-hydrogen) atoms. The van der Waals surface area contributed by atoms with Gasteiger partial charge in [0.15, 0.2) is 5.16 Å². The van der Waals surface area contributed by atoms with Gasteiger partial charge in [-0.05, 0) is 61.2 Å². The molecular formula is C23H17ClFN3O2S2. The summed E-state index contributed by atoms with van der Waals surface area (Å²) in [6.07, 6.45) is 2.89. The summed E-state index contributed by atoms with van der Waals surface area (Å²) >= 11 is 8.73. The van der Waals surface area contributed by atoms with E-state index in [0.29, 0.717) is 26.1 Å². The Morgan fingerprint density at radius 1 is 1.19 bits per heavy atom. The predicted octanol–water partition coefficient (Wildman–Crippen LogP) is 5.46. The van der Waals surface area contributed by atoms with Gasteiger partial charge in [-0.3, -0.25) is 14.2 Å². The van der Waals surface area contributed by atoms with Gasteiger partial charge in [-0.1, -0.05) is 35.5 Å². The van der Waals surface area contributed by atoms with Gasteiger partial charge in [-0.25, -0.2) is 9.37 Å². The highest BCUT2D eigenvalue weighted by molar-refractivity contribution is 7.99. The molecule has 162 valence electrons. The van der Waals surface area contributed by atoms with E-state index in [1.54, 1.807) is 47.7 Å². The Morgan fingerprint density at radius 2 is 1.97 bits per heavy atom. The highest BCUT2D eigenvalue weighted by Crippen LogP contribution is 2.36. The smallest absolute Gasteiger partial charge is 0.267 e. The predicted molar refractivity (Wildman–Crippen MR) is 128 cm³/mol. The van der Waals surface area contributed by atoms with Crippen molar-refractivity contribution in [2.75, 3.05) is 11.1 Å². The molecule has 0 saturated carbocycles. The maximum absolute atomic E-state index is 13.8. The molecular weight excluding hydrogens is 469 g/mol. The number of nitrogens with zero attached hydrogens (tertiary/aromatic N) is 2. The van der Waals surface area contributed by atoms with Crippen LogP contribution < -0.4 is 10.9 Å². The highest BCUT2D eigenvalue weighted by Gasteiger charge is 2.24. The number of para-hydroxylation sites is 1. The van der Waals surface area contributed by atoms with E-state index in [-0.39, 0.29) is 22.9 Å². The fraction of sp³-hybridized carbons (Fsp3) is 0.174. The summed E-state index contributed by atoms with van der Waals surface area (Å²) in [6, 6.07) is 12.9. The third-order valence-electron chi connectivity index (χ3n) is 5.27. The third kappa shape index (κ3) is 3.94. The topological polar surface area (TPSA) is 64.0 Å². The lowest BCUT2D eigenvalue weighted by Crippen LogP contribution is -2.23. The maximum atomic E-state index is 13.8. The van der Waals surface area contributed by atoms with Crippen molar-refractivity contribution in [3.63, 3.8) is 0 Å². The molecule has 1 aliphatic carbocycles. The van der Waals surface area contributed by atoms with E-state index in [1.165, 1.54) is 21.6 Å². The van der Waals surface area contributed by atoms with Crippen LogP contribution >= 0.6 is 34.7 Å². The summed E-state index contributed by atoms with van der Waals surface area (Å²) in [5.41, 5.74) is 1.70. The summed E-state index contributed by atoms with van der Waals surface area (Å²) < 4.78 is 15.4. The molecule has 5 nitrogen and oxygen atoms in total. The maximum Gasteiger partial charge on any atom is 0.267 e. The van der Waals surface area contributed by atoms with Crippen LogP contribution in [0.3, 0.4) is 0 Å². The minimum absolute atomic E-state index is 0.0229. The average Bonchev–Trinajstić information content (AvgIpc) is 3.36. The molecule has 0 fully saturated rings. The Bertz CT molecular complexity index is 1400. The number of carbonyl (C=O) groups excluding carboxylic acids is 1. The van der Waals surface area contributed by atoms with Crippen LogP contribution in [0.5, 0.6) is 0 Å². The van der Waals surface area contributed by atoms with Crippen LogP contribution in [0.4, 0.5) is 10.1 Å². The lowest BCUT2D eigenvalue weighted by Gasteiger charge is -2.13. The molecule has 2 aromatic carbocycles. The number of hydrogen-bond donors (Lipinski definition) is 1. The number of halogens is 2. The molecule has 0 unspecified atom stereocenters. The van der Waals surface area contributed by atoms with E-state index in [0.717, 1.165) is 36.6 Å². The van der Waals surface area contributed by atoms with Crippen molar-refractivity contribution in [2.24, 2.45) is 0 Å². The van der Waals surface area contributed by atoms with E-state index < -0.39 is 5.82 Å². The fourth-order valence-electron chi connectivity index (χ4n) is 3.82. The van der Waals surface area contributed by atoms with Crippen LogP contribution in [0.2, 0.25) is 5.02 Å². The van der Waals surface area contributed by atoms with Crippen molar-refractivity contribution in [3.8, 4) is 5.69 Å². The largest absolute Gasteiger partial charge is 0.323 e. The molecule has 2 aromatic heterocycles. The number of hydrogen-bond acceptors (Lipinski definition) is 5. The Balaban J connectivity index is 1.52. The van der Waals surface area contributed by atoms with Gasteiger partial charge in [0.1, 0.15) is 10.6 Å². The van der Waals surface area contributed by atoms with Gasteiger partial charge in [0, 0.05) is 9.90 Å². The van der Waals surface area contributed by atoms with Crippen molar-refractivity contribution in [1.29, 1.82) is 0 Å². The molecule has 5 rings (SSSR count). The monoisotopic (exact) mass is 485 g/mol. The lowest BCUT2D eigenvalue weighted by molar-refractivity contribution is -0.113. The van der Waals surface area contributed by atoms with Gasteiger partial charge in [0.05, 0.1) is 22.5 Å². The highest BCUT2D eigenvalue weighted by atomic mass is 35.5. The minimum atomic E-state index is -0.503. The summed E-state index contributed by atoms with van der Waals surface area (Å²) in [5.74, 6) is -0.910. The molecule has 0 aliphatic heterocycles. The van der Waals surface area contributed by atoms with Crippen LogP contribution in [0, 0.1) is 5.82 Å². The number of aryl methyl sites for hydroxylation is 2. The quantitative estimate of drug-likeness (QED) is 0.301. The number of nitrogens with one attached hydrogen (secondary N) is 1. The Kier molecular flexibility index (Phi) is 5.75. The zero-order valence-corrected chi connectivity index (χ0v) is 19.1. The molecule has 0 radical (unpaired) electrons. The molecule has 1 amide bonds. The second-order valence-corrected chi connectivity index (χ2v) is 9.83. The number of fused-ring (bicyclic) bond motifs is 3. The zero-order valence-electron chi connectivity index (χ0n) is 16.7. The van der Waals surface area contributed by atoms with Crippen molar-refractivity contribution in [1.82, 2.24) is 9.55 Å². The SMILES string of the molecule is O=C(CSc1nc2sc3c(c2c(=O)n1-c1ccc(Cl)cc1)CCC3)Nc1ccccc1F. The normalized spacial score (nSPS) is 12.8. The molecule has 1 N–H and O–H groups in total. The van der Waals surface area contributed by atoms with Gasteiger partial charge in [-0.2, -0.15) is 0 Å². The van der Waals surface area contributed by atoms with Gasteiger partial charge < -0.3 is 5.32 Å². The second kappa shape index (κ2) is 8.69. The number of anilines is 1. The fourth-order valence-corrected chi connectivity index (χ4v) is 6.06. The van der Waals surface area contributed by atoms with E-state index in [1.807, 2.05) is 0 Å². The third-order valence-corrected chi connectivity index (χ3v) is 7.65. The molecule has 4 aromatic rings. The first-order chi connectivity index (χ1) is 15.5. The van der Waals surface area contributed by atoms with Crippen LogP contribution in [0.1, 0.15) is 16.9 Å². The first-order valence-electron chi connectivity index (χ1n) is 10.0. The number of carbonyl (C=O) groups is 1. The van der Waals surface area contributed by atoms with Gasteiger partial charge in [0.2, 0.25) is 5.91 Å². The van der Waals surface area contributed by atoms with Crippen LogP contribution in [-0.4, -0.2) is 21.2 Å². The molecule has 1 aliphatic rings. The van der Waals surface area contributed by atoms with Crippen LogP contribution in [0.25, 0.3) is 15.9 Å².